The highest BCUT2D eigenvalue weighted by atomic mass is 32.2. The number of carbonyl (C=O) groups is 1. The van der Waals surface area contributed by atoms with Gasteiger partial charge in [0, 0.05) is 18.0 Å². The van der Waals surface area contributed by atoms with Crippen molar-refractivity contribution in [2.24, 2.45) is 0 Å². The van der Waals surface area contributed by atoms with Crippen molar-refractivity contribution in [3.8, 4) is 0 Å². The molecule has 1 amide bonds. The molecule has 86 valence electrons. The van der Waals surface area contributed by atoms with Crippen LogP contribution in [0.1, 0.15) is 12.5 Å². The van der Waals surface area contributed by atoms with Gasteiger partial charge in [0.2, 0.25) is 5.91 Å². The smallest absolute Gasteiger partial charge is 0.237 e. The van der Waals surface area contributed by atoms with Gasteiger partial charge in [-0.25, -0.2) is 0 Å². The van der Waals surface area contributed by atoms with Crippen LogP contribution in [0, 0.1) is 0 Å². The number of nitrogens with one attached hydrogen (secondary N) is 1. The first-order chi connectivity index (χ1) is 7.76. The topological polar surface area (TPSA) is 32.3 Å². The van der Waals surface area contributed by atoms with Gasteiger partial charge < -0.3 is 10.2 Å². The van der Waals surface area contributed by atoms with E-state index in [0.29, 0.717) is 5.75 Å². The molecule has 4 heteroatoms. The normalized spacial score (nSPS) is 15.1. The predicted molar refractivity (Wildman–Crippen MR) is 68.0 cm³/mol. The van der Waals surface area contributed by atoms with E-state index in [1.807, 2.05) is 18.9 Å². The molecule has 0 aromatic heterocycles. The zero-order chi connectivity index (χ0) is 11.5. The van der Waals surface area contributed by atoms with Gasteiger partial charge in [0.1, 0.15) is 0 Å². The van der Waals surface area contributed by atoms with Crippen LogP contribution in [0.2, 0.25) is 0 Å². The van der Waals surface area contributed by atoms with E-state index in [0.717, 1.165) is 18.8 Å². The van der Waals surface area contributed by atoms with Crippen molar-refractivity contribution < 1.29 is 4.79 Å². The van der Waals surface area contributed by atoms with Crippen LogP contribution in [-0.4, -0.2) is 25.3 Å². The average molecular weight is 236 g/mol. The summed E-state index contributed by atoms with van der Waals surface area (Å²) in [7, 11) is 1.93. The van der Waals surface area contributed by atoms with Crippen molar-refractivity contribution in [2.45, 2.75) is 18.4 Å². The molecule has 1 aromatic rings. The summed E-state index contributed by atoms with van der Waals surface area (Å²) in [6.07, 6.45) is 0. The Morgan fingerprint density at radius 1 is 1.50 bits per heavy atom. The lowest BCUT2D eigenvalue weighted by Gasteiger charge is -2.28. The zero-order valence-corrected chi connectivity index (χ0v) is 10.4. The van der Waals surface area contributed by atoms with Crippen molar-refractivity contribution >= 4 is 23.4 Å². The van der Waals surface area contributed by atoms with Gasteiger partial charge in [-0.3, -0.25) is 4.79 Å². The Bertz CT molecular complexity index is 406. The Kier molecular flexibility index (Phi) is 3.51. The van der Waals surface area contributed by atoms with Gasteiger partial charge in [0.25, 0.3) is 0 Å². The first kappa shape index (κ1) is 11.5. The Morgan fingerprint density at radius 2 is 2.31 bits per heavy atom. The lowest BCUT2D eigenvalue weighted by atomic mass is 10.1. The molecular weight excluding hydrogens is 220 g/mol. The second-order valence-electron chi connectivity index (χ2n) is 3.76. The molecule has 1 heterocycles. The van der Waals surface area contributed by atoms with E-state index in [-0.39, 0.29) is 5.91 Å². The number of anilines is 1. The molecule has 0 radical (unpaired) electrons. The molecule has 0 saturated carbocycles. The maximum atomic E-state index is 11.7. The van der Waals surface area contributed by atoms with E-state index in [1.165, 1.54) is 10.5 Å². The molecule has 0 spiro atoms. The summed E-state index contributed by atoms with van der Waals surface area (Å²) in [5.74, 6) is 0.772. The van der Waals surface area contributed by atoms with Crippen LogP contribution in [0.15, 0.2) is 23.1 Å². The van der Waals surface area contributed by atoms with Gasteiger partial charge in [-0.1, -0.05) is 6.07 Å². The number of carbonyl (C=O) groups excluding carboxylic acids is 1. The molecule has 1 aliphatic rings. The van der Waals surface area contributed by atoms with Crippen LogP contribution in [0.25, 0.3) is 0 Å². The monoisotopic (exact) mass is 236 g/mol. The van der Waals surface area contributed by atoms with Crippen LogP contribution in [0.5, 0.6) is 0 Å². The Labute approximate surface area is 100 Å². The van der Waals surface area contributed by atoms with E-state index in [2.05, 4.69) is 23.5 Å². The fourth-order valence-electron chi connectivity index (χ4n) is 1.91. The number of nitrogens with zero attached hydrogens (tertiary/aromatic N) is 1. The summed E-state index contributed by atoms with van der Waals surface area (Å²) < 4.78 is 0. The second-order valence-corrected chi connectivity index (χ2v) is 4.78. The molecule has 1 N–H and O–H groups in total. The maximum Gasteiger partial charge on any atom is 0.237 e. The molecule has 0 bridgehead atoms. The van der Waals surface area contributed by atoms with Crippen LogP contribution >= 0.6 is 11.8 Å². The highest BCUT2D eigenvalue weighted by Crippen LogP contribution is 2.35. The molecule has 0 saturated heterocycles. The standard InChI is InChI=1S/C12H16N2OS/c1-3-14-10-6-9(7-13-2)4-5-11(10)16-8-12(14)15/h4-6,13H,3,7-8H2,1-2H3. The molecular formula is C12H16N2OS. The van der Waals surface area contributed by atoms with Crippen LogP contribution in [0.4, 0.5) is 5.69 Å². The molecule has 2 rings (SSSR count). The molecule has 1 aliphatic heterocycles. The molecule has 3 nitrogen and oxygen atoms in total. The quantitative estimate of drug-likeness (QED) is 0.869. The average Bonchev–Trinajstić information content (AvgIpc) is 2.29. The summed E-state index contributed by atoms with van der Waals surface area (Å²) in [6, 6.07) is 6.34. The number of thioether (sulfide) groups is 1. The van der Waals surface area contributed by atoms with Gasteiger partial charge in [-0.05, 0) is 31.7 Å². The van der Waals surface area contributed by atoms with Crippen molar-refractivity contribution in [3.63, 3.8) is 0 Å². The van der Waals surface area contributed by atoms with Gasteiger partial charge >= 0.3 is 0 Å². The van der Waals surface area contributed by atoms with Crippen molar-refractivity contribution in [1.82, 2.24) is 5.32 Å². The highest BCUT2D eigenvalue weighted by Gasteiger charge is 2.23. The molecule has 0 fully saturated rings. The SMILES string of the molecule is CCN1C(=O)CSc2ccc(CNC)cc21. The van der Waals surface area contributed by atoms with Crippen molar-refractivity contribution in [1.29, 1.82) is 0 Å². The summed E-state index contributed by atoms with van der Waals surface area (Å²) in [5, 5.41) is 3.12. The fraction of sp³-hybridized carbons (Fsp3) is 0.417. The van der Waals surface area contributed by atoms with Gasteiger partial charge in [0.05, 0.1) is 11.4 Å². The number of hydrogen-bond donors (Lipinski definition) is 1. The molecule has 0 unspecified atom stereocenters. The summed E-state index contributed by atoms with van der Waals surface area (Å²) in [5.41, 5.74) is 2.28. The minimum Gasteiger partial charge on any atom is -0.316 e. The summed E-state index contributed by atoms with van der Waals surface area (Å²) >= 11 is 1.63. The lowest BCUT2D eigenvalue weighted by molar-refractivity contribution is -0.116. The van der Waals surface area contributed by atoms with Gasteiger partial charge in [-0.2, -0.15) is 0 Å². The lowest BCUT2D eigenvalue weighted by Crippen LogP contribution is -2.35. The Morgan fingerprint density at radius 3 is 3.00 bits per heavy atom. The van der Waals surface area contributed by atoms with Gasteiger partial charge in [0.15, 0.2) is 0 Å². The fourth-order valence-corrected chi connectivity index (χ4v) is 2.82. The van der Waals surface area contributed by atoms with Gasteiger partial charge in [-0.15, -0.1) is 11.8 Å². The highest BCUT2D eigenvalue weighted by molar-refractivity contribution is 8.00. The number of amides is 1. The van der Waals surface area contributed by atoms with Crippen LogP contribution < -0.4 is 10.2 Å². The van der Waals surface area contributed by atoms with E-state index in [1.54, 1.807) is 11.8 Å². The Hall–Kier alpha value is -1.00. The molecule has 0 aliphatic carbocycles. The van der Waals surface area contributed by atoms with E-state index < -0.39 is 0 Å². The molecule has 1 aromatic carbocycles. The number of benzene rings is 1. The van der Waals surface area contributed by atoms with Crippen LogP contribution in [0.3, 0.4) is 0 Å². The zero-order valence-electron chi connectivity index (χ0n) is 9.62. The summed E-state index contributed by atoms with van der Waals surface area (Å²) in [4.78, 5) is 14.8. The third-order valence-corrected chi connectivity index (χ3v) is 3.71. The van der Waals surface area contributed by atoms with E-state index in [9.17, 15) is 4.79 Å². The Balaban J connectivity index is 2.37. The van der Waals surface area contributed by atoms with Crippen molar-refractivity contribution in [3.05, 3.63) is 23.8 Å². The second kappa shape index (κ2) is 4.89. The first-order valence-electron chi connectivity index (χ1n) is 5.47. The summed E-state index contributed by atoms with van der Waals surface area (Å²) in [6.45, 7) is 3.60. The minimum atomic E-state index is 0.210. The predicted octanol–water partition coefficient (Wildman–Crippen LogP) is 1.86. The maximum absolute atomic E-state index is 11.7. The molecule has 0 atom stereocenters. The number of rotatable bonds is 3. The van der Waals surface area contributed by atoms with Crippen LogP contribution in [-0.2, 0) is 11.3 Å². The number of fused-ring (bicyclic) bond motifs is 1. The third-order valence-electron chi connectivity index (χ3n) is 2.66. The third kappa shape index (κ3) is 2.08. The largest absolute Gasteiger partial charge is 0.316 e. The number of hydrogen-bond acceptors (Lipinski definition) is 3. The van der Waals surface area contributed by atoms with E-state index in [4.69, 9.17) is 0 Å². The van der Waals surface area contributed by atoms with Crippen molar-refractivity contribution in [2.75, 3.05) is 24.2 Å². The minimum absolute atomic E-state index is 0.210. The first-order valence-corrected chi connectivity index (χ1v) is 6.45. The van der Waals surface area contributed by atoms with E-state index >= 15 is 0 Å². The molecule has 16 heavy (non-hydrogen) atoms.